The van der Waals surface area contributed by atoms with Gasteiger partial charge in [0.2, 0.25) is 17.6 Å². The van der Waals surface area contributed by atoms with Crippen molar-refractivity contribution in [1.82, 2.24) is 29.5 Å². The van der Waals surface area contributed by atoms with Crippen molar-refractivity contribution >= 4 is 56.8 Å². The molecule has 2 aromatic carbocycles. The van der Waals surface area contributed by atoms with Gasteiger partial charge in [-0.2, -0.15) is 4.37 Å². The average molecular weight is 624 g/mol. The number of nitrogens with zero attached hydrogens (tertiary/aromatic N) is 4. The molecule has 43 heavy (non-hydrogen) atoms. The summed E-state index contributed by atoms with van der Waals surface area (Å²) < 4.78 is 39.4. The van der Waals surface area contributed by atoms with Crippen molar-refractivity contribution in [2.75, 3.05) is 12.4 Å². The second-order valence-electron chi connectivity index (χ2n) is 9.44. The molecule has 11 nitrogen and oxygen atoms in total. The van der Waals surface area contributed by atoms with Crippen LogP contribution in [0.15, 0.2) is 54.7 Å². The zero-order chi connectivity index (χ0) is 30.2. The standard InChI is InChI=1S/C28H20ClF2N7O4S/c1-42-21-7-2-13(10-32-21)11-33-28(41)26-35-25(36-27(40)23-17-9-15(31)4-6-19(17)43-37-23)24-22(34-20(39)12-38(24)26)16-8-14(30)3-5-18(16)29/h2-10,22H,11-12H2,1H3,(H,33,41)(H,34,39)(H,36,40)/t22-/m0/s1. The number of amides is 3. The second kappa shape index (κ2) is 11.4. The maximum Gasteiger partial charge on any atom is 0.287 e. The number of aromatic nitrogens is 4. The molecule has 0 fully saturated rings. The van der Waals surface area contributed by atoms with Crippen molar-refractivity contribution in [1.29, 1.82) is 0 Å². The van der Waals surface area contributed by atoms with Gasteiger partial charge in [0.1, 0.15) is 23.9 Å². The quantitative estimate of drug-likeness (QED) is 0.246. The number of halogens is 3. The first-order valence-electron chi connectivity index (χ1n) is 12.7. The predicted octanol–water partition coefficient (Wildman–Crippen LogP) is 4.23. The van der Waals surface area contributed by atoms with Crippen LogP contribution in [-0.4, -0.2) is 43.7 Å². The van der Waals surface area contributed by atoms with E-state index in [9.17, 15) is 23.2 Å². The lowest BCUT2D eigenvalue weighted by Gasteiger charge is -2.28. The molecule has 4 heterocycles. The van der Waals surface area contributed by atoms with Crippen molar-refractivity contribution in [3.63, 3.8) is 0 Å². The molecule has 0 unspecified atom stereocenters. The summed E-state index contributed by atoms with van der Waals surface area (Å²) in [6.45, 7) is -0.249. The molecule has 1 aliphatic heterocycles. The number of carbonyl (C=O) groups excluding carboxylic acids is 3. The Bertz CT molecular complexity index is 1910. The highest BCUT2D eigenvalue weighted by Gasteiger charge is 2.36. The van der Waals surface area contributed by atoms with Crippen LogP contribution in [0.1, 0.15) is 44.0 Å². The first kappa shape index (κ1) is 28.2. The Morgan fingerprint density at radius 1 is 1.14 bits per heavy atom. The maximum atomic E-state index is 14.3. The highest BCUT2D eigenvalue weighted by atomic mass is 35.5. The minimum absolute atomic E-state index is 0.0561. The molecular formula is C28H20ClF2N7O4S. The Labute approximate surface area is 251 Å². The molecule has 6 rings (SSSR count). The van der Waals surface area contributed by atoms with Gasteiger partial charge in [0.25, 0.3) is 11.8 Å². The lowest BCUT2D eigenvalue weighted by atomic mass is 10.0. The summed E-state index contributed by atoms with van der Waals surface area (Å²) in [5.41, 5.74) is 0.976. The zero-order valence-corrected chi connectivity index (χ0v) is 23.7. The average Bonchev–Trinajstić information content (AvgIpc) is 3.58. The molecule has 5 aromatic rings. The third-order valence-electron chi connectivity index (χ3n) is 6.70. The minimum Gasteiger partial charge on any atom is -0.481 e. The second-order valence-corrected chi connectivity index (χ2v) is 10.7. The van der Waals surface area contributed by atoms with E-state index in [0.29, 0.717) is 21.5 Å². The number of imidazole rings is 1. The molecule has 0 radical (unpaired) electrons. The Balaban J connectivity index is 1.40. The molecule has 0 spiro atoms. The highest BCUT2D eigenvalue weighted by Crippen LogP contribution is 2.36. The minimum atomic E-state index is -1.08. The number of hydrogen-bond acceptors (Lipinski definition) is 8. The van der Waals surface area contributed by atoms with Crippen LogP contribution in [0.5, 0.6) is 5.88 Å². The number of carbonyl (C=O) groups is 3. The largest absolute Gasteiger partial charge is 0.481 e. The Kier molecular flexibility index (Phi) is 7.46. The molecular weight excluding hydrogens is 604 g/mol. The Morgan fingerprint density at radius 2 is 1.93 bits per heavy atom. The molecule has 1 atom stereocenters. The van der Waals surface area contributed by atoms with Crippen LogP contribution in [0.25, 0.3) is 10.1 Å². The predicted molar refractivity (Wildman–Crippen MR) is 153 cm³/mol. The molecule has 0 bridgehead atoms. The van der Waals surface area contributed by atoms with E-state index in [1.165, 1.54) is 42.1 Å². The van der Waals surface area contributed by atoms with Gasteiger partial charge in [0.15, 0.2) is 5.82 Å². The SMILES string of the molecule is COc1ccc(CNC(=O)c2nc(NC(=O)c3nsc4ccc(F)cc34)c3n2CC(=O)N[C@H]3c2cc(F)ccc2Cl)cn1. The number of pyridine rings is 1. The van der Waals surface area contributed by atoms with Crippen molar-refractivity contribution in [3.05, 3.63) is 99.7 Å². The van der Waals surface area contributed by atoms with Gasteiger partial charge in [-0.05, 0) is 53.5 Å². The van der Waals surface area contributed by atoms with E-state index in [4.69, 9.17) is 16.3 Å². The highest BCUT2D eigenvalue weighted by molar-refractivity contribution is 7.13. The fourth-order valence-electron chi connectivity index (χ4n) is 4.70. The molecule has 3 N–H and O–H groups in total. The van der Waals surface area contributed by atoms with Crippen LogP contribution in [0.2, 0.25) is 5.02 Å². The van der Waals surface area contributed by atoms with Gasteiger partial charge in [0.05, 0.1) is 23.5 Å². The van der Waals surface area contributed by atoms with E-state index < -0.39 is 35.4 Å². The number of nitrogens with one attached hydrogen (secondary N) is 3. The smallest absolute Gasteiger partial charge is 0.287 e. The van der Waals surface area contributed by atoms with Gasteiger partial charge in [-0.15, -0.1) is 0 Å². The van der Waals surface area contributed by atoms with Crippen LogP contribution in [0.3, 0.4) is 0 Å². The van der Waals surface area contributed by atoms with E-state index in [-0.39, 0.29) is 46.7 Å². The molecule has 0 aliphatic carbocycles. The topological polar surface area (TPSA) is 140 Å². The Morgan fingerprint density at radius 3 is 2.70 bits per heavy atom. The molecule has 3 amide bonds. The summed E-state index contributed by atoms with van der Waals surface area (Å²) in [6, 6.07) is 9.88. The van der Waals surface area contributed by atoms with E-state index in [2.05, 4.69) is 30.3 Å². The van der Waals surface area contributed by atoms with Gasteiger partial charge < -0.3 is 25.3 Å². The normalized spacial score (nSPS) is 14.2. The van der Waals surface area contributed by atoms with Crippen LogP contribution < -0.4 is 20.7 Å². The first-order valence-corrected chi connectivity index (χ1v) is 13.8. The fraction of sp³-hybridized carbons (Fsp3) is 0.143. The van der Waals surface area contributed by atoms with Crippen LogP contribution in [-0.2, 0) is 17.9 Å². The summed E-state index contributed by atoms with van der Waals surface area (Å²) in [7, 11) is 1.48. The molecule has 0 saturated heterocycles. The summed E-state index contributed by atoms with van der Waals surface area (Å²) >= 11 is 7.41. The molecule has 218 valence electrons. The lowest BCUT2D eigenvalue weighted by Crippen LogP contribution is -2.41. The van der Waals surface area contributed by atoms with Gasteiger partial charge in [-0.25, -0.2) is 18.7 Å². The third kappa shape index (κ3) is 5.49. The first-order chi connectivity index (χ1) is 20.7. The van der Waals surface area contributed by atoms with Crippen LogP contribution in [0.4, 0.5) is 14.6 Å². The summed E-state index contributed by atoms with van der Waals surface area (Å²) in [5.74, 6) is -2.91. The molecule has 0 saturated carbocycles. The molecule has 3 aromatic heterocycles. The number of hydrogen-bond donors (Lipinski definition) is 3. The summed E-state index contributed by atoms with van der Waals surface area (Å²) in [5, 5.41) is 8.56. The lowest BCUT2D eigenvalue weighted by molar-refractivity contribution is -0.123. The molecule has 1 aliphatic rings. The fourth-order valence-corrected chi connectivity index (χ4v) is 5.68. The van der Waals surface area contributed by atoms with Gasteiger partial charge in [-0.3, -0.25) is 14.4 Å². The van der Waals surface area contributed by atoms with E-state index in [0.717, 1.165) is 23.7 Å². The number of benzene rings is 2. The number of fused-ring (bicyclic) bond motifs is 2. The number of anilines is 1. The van der Waals surface area contributed by atoms with Crippen molar-refractivity contribution in [3.8, 4) is 5.88 Å². The van der Waals surface area contributed by atoms with Gasteiger partial charge >= 0.3 is 0 Å². The number of rotatable bonds is 7. The zero-order valence-electron chi connectivity index (χ0n) is 22.2. The maximum absolute atomic E-state index is 14.3. The van der Waals surface area contributed by atoms with Crippen LogP contribution in [0, 0.1) is 11.6 Å². The van der Waals surface area contributed by atoms with Gasteiger partial charge in [-0.1, -0.05) is 17.7 Å². The van der Waals surface area contributed by atoms with Crippen LogP contribution >= 0.6 is 23.1 Å². The molecule has 15 heteroatoms. The van der Waals surface area contributed by atoms with E-state index in [1.54, 1.807) is 12.1 Å². The summed E-state index contributed by atoms with van der Waals surface area (Å²) in [4.78, 5) is 48.2. The third-order valence-corrected chi connectivity index (χ3v) is 7.87. The number of methoxy groups -OCH3 is 1. The van der Waals surface area contributed by atoms with Crippen molar-refractivity contribution in [2.24, 2.45) is 0 Å². The van der Waals surface area contributed by atoms with Gasteiger partial charge in [0, 0.05) is 34.8 Å². The summed E-state index contributed by atoms with van der Waals surface area (Å²) in [6.07, 6.45) is 1.53. The van der Waals surface area contributed by atoms with Crippen molar-refractivity contribution < 1.29 is 27.9 Å². The van der Waals surface area contributed by atoms with E-state index in [1.807, 2.05) is 0 Å². The van der Waals surface area contributed by atoms with E-state index >= 15 is 0 Å². The Hall–Kier alpha value is -4.95. The number of ether oxygens (including phenoxy) is 1. The monoisotopic (exact) mass is 623 g/mol. The van der Waals surface area contributed by atoms with Crippen molar-refractivity contribution in [2.45, 2.75) is 19.1 Å².